The van der Waals surface area contributed by atoms with E-state index in [0.717, 1.165) is 25.7 Å². The Labute approximate surface area is 117 Å². The molecule has 1 aromatic carbocycles. The molecule has 0 unspecified atom stereocenters. The number of halogens is 1. The molecule has 5 heteroatoms. The summed E-state index contributed by atoms with van der Waals surface area (Å²) in [6.45, 7) is 0.507. The average Bonchev–Trinajstić information content (AvgIpc) is 2.92. The summed E-state index contributed by atoms with van der Waals surface area (Å²) in [4.78, 5) is 14.2. The maximum atomic E-state index is 12.5. The van der Waals surface area contributed by atoms with E-state index >= 15 is 0 Å². The number of alkyl halides is 1. The van der Waals surface area contributed by atoms with Gasteiger partial charge in [-0.2, -0.15) is 0 Å². The second-order valence-electron chi connectivity index (χ2n) is 4.83. The van der Waals surface area contributed by atoms with Crippen LogP contribution < -0.4 is 0 Å². The van der Waals surface area contributed by atoms with Crippen LogP contribution in [0.4, 0.5) is 0 Å². The molecule has 2 rings (SSSR count). The third kappa shape index (κ3) is 3.13. The normalized spacial score (nSPS) is 15.6. The van der Waals surface area contributed by atoms with Gasteiger partial charge in [0.2, 0.25) is 0 Å². The number of hydrogen-bond donors (Lipinski definition) is 2. The van der Waals surface area contributed by atoms with Gasteiger partial charge in [-0.15, -0.1) is 11.6 Å². The largest absolute Gasteiger partial charge is 0.504 e. The molecule has 1 aliphatic rings. The Kier molecular flexibility index (Phi) is 4.53. The number of rotatable bonds is 4. The van der Waals surface area contributed by atoms with E-state index in [4.69, 9.17) is 11.6 Å². The molecule has 1 aromatic rings. The third-order valence-electron chi connectivity index (χ3n) is 3.57. The monoisotopic (exact) mass is 283 g/mol. The molecule has 4 nitrogen and oxygen atoms in total. The van der Waals surface area contributed by atoms with E-state index in [-0.39, 0.29) is 23.4 Å². The number of hydrogen-bond acceptors (Lipinski definition) is 3. The lowest BCUT2D eigenvalue weighted by Gasteiger charge is -2.28. The number of amides is 1. The first-order valence-corrected chi connectivity index (χ1v) is 7.06. The Hall–Kier alpha value is -1.42. The van der Waals surface area contributed by atoms with Gasteiger partial charge in [0.15, 0.2) is 11.5 Å². The summed E-state index contributed by atoms with van der Waals surface area (Å²) in [5, 5.41) is 18.8. The summed E-state index contributed by atoms with van der Waals surface area (Å²) >= 11 is 5.78. The predicted molar refractivity (Wildman–Crippen MR) is 73.8 cm³/mol. The number of carbonyl (C=O) groups excluding carboxylic acids is 1. The Bertz CT molecular complexity index is 458. The van der Waals surface area contributed by atoms with Gasteiger partial charge >= 0.3 is 0 Å². The zero-order valence-electron chi connectivity index (χ0n) is 10.7. The van der Waals surface area contributed by atoms with E-state index < -0.39 is 0 Å². The van der Waals surface area contributed by atoms with E-state index in [0.29, 0.717) is 18.0 Å². The highest BCUT2D eigenvalue weighted by atomic mass is 35.5. The highest BCUT2D eigenvalue weighted by Gasteiger charge is 2.27. The molecule has 0 aromatic heterocycles. The molecule has 0 spiro atoms. The molecule has 0 heterocycles. The first-order chi connectivity index (χ1) is 9.13. The predicted octanol–water partition coefficient (Wildman–Crippen LogP) is 2.72. The second kappa shape index (κ2) is 6.15. The molecule has 1 amide bonds. The molecule has 0 bridgehead atoms. The third-order valence-corrected chi connectivity index (χ3v) is 3.74. The molecule has 2 N–H and O–H groups in total. The number of nitrogens with zero attached hydrogens (tertiary/aromatic N) is 1. The van der Waals surface area contributed by atoms with Gasteiger partial charge in [-0.05, 0) is 31.0 Å². The van der Waals surface area contributed by atoms with Crippen LogP contribution in [0.5, 0.6) is 11.5 Å². The SMILES string of the molecule is O=C(c1ccc(O)c(O)c1)N(CCCl)C1CCCC1. The summed E-state index contributed by atoms with van der Waals surface area (Å²) in [5.41, 5.74) is 0.382. The highest BCUT2D eigenvalue weighted by molar-refractivity contribution is 6.18. The maximum Gasteiger partial charge on any atom is 0.254 e. The van der Waals surface area contributed by atoms with Crippen molar-refractivity contribution in [1.82, 2.24) is 4.90 Å². The summed E-state index contributed by atoms with van der Waals surface area (Å²) < 4.78 is 0. The van der Waals surface area contributed by atoms with Crippen molar-refractivity contribution in [2.24, 2.45) is 0 Å². The molecular formula is C14H18ClNO3. The number of phenols is 2. The van der Waals surface area contributed by atoms with Crippen molar-refractivity contribution in [3.8, 4) is 11.5 Å². The van der Waals surface area contributed by atoms with Crippen LogP contribution in [0.15, 0.2) is 18.2 Å². The number of benzene rings is 1. The fourth-order valence-corrected chi connectivity index (χ4v) is 2.76. The molecule has 0 saturated heterocycles. The Morgan fingerprint density at radius 1 is 1.26 bits per heavy atom. The van der Waals surface area contributed by atoms with Crippen LogP contribution in [-0.2, 0) is 0 Å². The van der Waals surface area contributed by atoms with Crippen molar-refractivity contribution in [2.45, 2.75) is 31.7 Å². The van der Waals surface area contributed by atoms with Crippen molar-refractivity contribution in [2.75, 3.05) is 12.4 Å². The van der Waals surface area contributed by atoms with Gasteiger partial charge in [0.05, 0.1) is 0 Å². The van der Waals surface area contributed by atoms with E-state index in [1.807, 2.05) is 0 Å². The fraction of sp³-hybridized carbons (Fsp3) is 0.500. The van der Waals surface area contributed by atoms with Gasteiger partial charge in [-0.1, -0.05) is 12.8 Å². The fourth-order valence-electron chi connectivity index (χ4n) is 2.58. The summed E-state index contributed by atoms with van der Waals surface area (Å²) in [5.74, 6) is -0.237. The Morgan fingerprint density at radius 2 is 1.95 bits per heavy atom. The van der Waals surface area contributed by atoms with Gasteiger partial charge < -0.3 is 15.1 Å². The van der Waals surface area contributed by atoms with Gasteiger partial charge in [0.25, 0.3) is 5.91 Å². The Morgan fingerprint density at radius 3 is 2.53 bits per heavy atom. The van der Waals surface area contributed by atoms with Crippen LogP contribution in [0.25, 0.3) is 0 Å². The maximum absolute atomic E-state index is 12.5. The van der Waals surface area contributed by atoms with E-state index in [2.05, 4.69) is 0 Å². The van der Waals surface area contributed by atoms with Gasteiger partial charge in [-0.25, -0.2) is 0 Å². The minimum Gasteiger partial charge on any atom is -0.504 e. The van der Waals surface area contributed by atoms with E-state index in [1.165, 1.54) is 18.2 Å². The van der Waals surface area contributed by atoms with Crippen molar-refractivity contribution < 1.29 is 15.0 Å². The zero-order chi connectivity index (χ0) is 13.8. The van der Waals surface area contributed by atoms with Crippen LogP contribution in [0.1, 0.15) is 36.0 Å². The number of carbonyl (C=O) groups is 1. The summed E-state index contributed by atoms with van der Waals surface area (Å²) in [6.07, 6.45) is 4.29. The van der Waals surface area contributed by atoms with Crippen molar-refractivity contribution in [3.05, 3.63) is 23.8 Å². The first kappa shape index (κ1) is 14.0. The minimum absolute atomic E-state index is 0.136. The van der Waals surface area contributed by atoms with Crippen molar-refractivity contribution >= 4 is 17.5 Å². The Balaban J connectivity index is 2.20. The van der Waals surface area contributed by atoms with Crippen LogP contribution in [-0.4, -0.2) is 39.5 Å². The molecule has 1 aliphatic carbocycles. The van der Waals surface area contributed by atoms with E-state index in [1.54, 1.807) is 4.90 Å². The van der Waals surface area contributed by atoms with Crippen molar-refractivity contribution in [1.29, 1.82) is 0 Å². The molecule has 0 aliphatic heterocycles. The lowest BCUT2D eigenvalue weighted by atomic mass is 10.1. The van der Waals surface area contributed by atoms with Crippen molar-refractivity contribution in [3.63, 3.8) is 0 Å². The topological polar surface area (TPSA) is 60.8 Å². The lowest BCUT2D eigenvalue weighted by Crippen LogP contribution is -2.40. The zero-order valence-corrected chi connectivity index (χ0v) is 11.4. The number of aromatic hydroxyl groups is 2. The second-order valence-corrected chi connectivity index (χ2v) is 5.21. The van der Waals surface area contributed by atoms with Crippen LogP contribution in [0.2, 0.25) is 0 Å². The smallest absolute Gasteiger partial charge is 0.254 e. The quantitative estimate of drug-likeness (QED) is 0.660. The van der Waals surface area contributed by atoms with Gasteiger partial charge in [0.1, 0.15) is 0 Å². The molecule has 0 radical (unpaired) electrons. The molecule has 104 valence electrons. The summed E-state index contributed by atoms with van der Waals surface area (Å²) in [7, 11) is 0. The molecular weight excluding hydrogens is 266 g/mol. The number of phenolic OH excluding ortho intramolecular Hbond substituents is 2. The molecule has 1 fully saturated rings. The van der Waals surface area contributed by atoms with Gasteiger partial charge in [-0.3, -0.25) is 4.79 Å². The molecule has 0 atom stereocenters. The van der Waals surface area contributed by atoms with Crippen LogP contribution in [0.3, 0.4) is 0 Å². The van der Waals surface area contributed by atoms with Gasteiger partial charge in [0, 0.05) is 24.0 Å². The average molecular weight is 284 g/mol. The molecule has 19 heavy (non-hydrogen) atoms. The van der Waals surface area contributed by atoms with Crippen LogP contribution >= 0.6 is 11.6 Å². The van der Waals surface area contributed by atoms with Crippen LogP contribution in [0, 0.1) is 0 Å². The summed E-state index contributed by atoms with van der Waals surface area (Å²) in [6, 6.07) is 4.39. The highest BCUT2D eigenvalue weighted by Crippen LogP contribution is 2.28. The van der Waals surface area contributed by atoms with E-state index in [9.17, 15) is 15.0 Å². The standard InChI is InChI=1S/C14H18ClNO3/c15-7-8-16(11-3-1-2-4-11)14(19)10-5-6-12(17)13(18)9-10/h5-6,9,11,17-18H,1-4,7-8H2. The minimum atomic E-state index is -0.275. The molecule has 1 saturated carbocycles. The first-order valence-electron chi connectivity index (χ1n) is 6.52. The lowest BCUT2D eigenvalue weighted by molar-refractivity contribution is 0.0694.